The summed E-state index contributed by atoms with van der Waals surface area (Å²) >= 11 is 30.1. The Morgan fingerprint density at radius 3 is 2.07 bits per heavy atom. The minimum absolute atomic E-state index is 0.0143. The zero-order chi connectivity index (χ0) is 21.3. The number of sulfonamides is 1. The van der Waals surface area contributed by atoms with E-state index in [9.17, 15) is 13.2 Å². The minimum Gasteiger partial charge on any atom is -0.379 e. The zero-order valence-electron chi connectivity index (χ0n) is 14.5. The van der Waals surface area contributed by atoms with Gasteiger partial charge in [0.15, 0.2) is 0 Å². The van der Waals surface area contributed by atoms with Crippen molar-refractivity contribution in [1.82, 2.24) is 4.31 Å². The second-order valence-electron chi connectivity index (χ2n) is 5.99. The lowest BCUT2D eigenvalue weighted by molar-refractivity contribution is 0.0730. The normalized spacial score (nSPS) is 15.3. The van der Waals surface area contributed by atoms with Crippen molar-refractivity contribution in [2.45, 2.75) is 4.90 Å². The predicted octanol–water partition coefficient (Wildman–Crippen LogP) is 5.23. The number of anilines is 1. The third kappa shape index (κ3) is 4.94. The maximum absolute atomic E-state index is 12.9. The van der Waals surface area contributed by atoms with Crippen LogP contribution in [-0.4, -0.2) is 44.9 Å². The summed E-state index contributed by atoms with van der Waals surface area (Å²) in [7, 11) is -3.93. The van der Waals surface area contributed by atoms with Gasteiger partial charge in [-0.15, -0.1) is 0 Å². The van der Waals surface area contributed by atoms with Gasteiger partial charge >= 0.3 is 0 Å². The van der Waals surface area contributed by atoms with Crippen LogP contribution in [0, 0.1) is 0 Å². The Morgan fingerprint density at radius 1 is 0.897 bits per heavy atom. The first kappa shape index (κ1) is 22.9. The highest BCUT2D eigenvalue weighted by Crippen LogP contribution is 2.34. The van der Waals surface area contributed by atoms with E-state index >= 15 is 0 Å². The molecule has 2 aromatic carbocycles. The fourth-order valence-corrected chi connectivity index (χ4v) is 5.49. The smallest absolute Gasteiger partial charge is 0.257 e. The van der Waals surface area contributed by atoms with Gasteiger partial charge in [-0.05, 0) is 24.3 Å². The highest BCUT2D eigenvalue weighted by Gasteiger charge is 2.30. The molecule has 3 rings (SSSR count). The third-order valence-electron chi connectivity index (χ3n) is 4.10. The fourth-order valence-electron chi connectivity index (χ4n) is 2.65. The van der Waals surface area contributed by atoms with Crippen LogP contribution in [0.5, 0.6) is 0 Å². The summed E-state index contributed by atoms with van der Waals surface area (Å²) in [5.74, 6) is -0.667. The van der Waals surface area contributed by atoms with Gasteiger partial charge in [0.25, 0.3) is 5.91 Å². The number of halogens is 5. The molecule has 0 radical (unpaired) electrons. The standard InChI is InChI=1S/C17H13Cl5N2O4S/c18-11-8-12(19)15(29(26,27)24-1-3-28-4-2-24)7-10(11)17(25)23-9-5-13(20)16(22)14(21)6-9/h5-8H,1-4H2,(H,23,25). The molecule has 0 aromatic heterocycles. The van der Waals surface area contributed by atoms with E-state index in [1.165, 1.54) is 22.5 Å². The summed E-state index contributed by atoms with van der Waals surface area (Å²) in [5.41, 5.74) is 0.183. The number of hydrogen-bond acceptors (Lipinski definition) is 4. The van der Waals surface area contributed by atoms with E-state index in [1.54, 1.807) is 0 Å². The van der Waals surface area contributed by atoms with E-state index in [1.807, 2.05) is 0 Å². The van der Waals surface area contributed by atoms with Crippen molar-refractivity contribution >= 4 is 79.6 Å². The molecule has 1 saturated heterocycles. The fraction of sp³-hybridized carbons (Fsp3) is 0.235. The van der Waals surface area contributed by atoms with Crippen LogP contribution in [0.2, 0.25) is 25.1 Å². The number of nitrogens with zero attached hydrogens (tertiary/aromatic N) is 1. The second-order valence-corrected chi connectivity index (χ2v) is 9.90. The van der Waals surface area contributed by atoms with Crippen molar-refractivity contribution < 1.29 is 17.9 Å². The lowest BCUT2D eigenvalue weighted by atomic mass is 10.2. The molecule has 12 heteroatoms. The summed E-state index contributed by atoms with van der Waals surface area (Å²) in [6.45, 7) is 0.918. The van der Waals surface area contributed by atoms with Crippen molar-refractivity contribution in [3.05, 3.63) is 54.9 Å². The molecule has 1 heterocycles. The van der Waals surface area contributed by atoms with Gasteiger partial charge in [-0.1, -0.05) is 58.0 Å². The monoisotopic (exact) mass is 516 g/mol. The Bertz CT molecular complexity index is 1050. The van der Waals surface area contributed by atoms with Crippen LogP contribution in [-0.2, 0) is 14.8 Å². The van der Waals surface area contributed by atoms with E-state index < -0.39 is 15.9 Å². The van der Waals surface area contributed by atoms with E-state index in [2.05, 4.69) is 5.32 Å². The summed E-state index contributed by atoms with van der Waals surface area (Å²) in [6.07, 6.45) is 0. The van der Waals surface area contributed by atoms with Gasteiger partial charge in [-0.3, -0.25) is 4.79 Å². The Labute approximate surface area is 192 Å². The third-order valence-corrected chi connectivity index (χ3v) is 7.97. The number of amides is 1. The summed E-state index contributed by atoms with van der Waals surface area (Å²) in [6, 6.07) is 5.17. The van der Waals surface area contributed by atoms with Crippen molar-refractivity contribution in [3.8, 4) is 0 Å². The summed E-state index contributed by atoms with van der Waals surface area (Å²) in [4.78, 5) is 12.5. The Hall–Kier alpha value is -0.770. The SMILES string of the molecule is O=C(Nc1cc(Cl)c(Cl)c(Cl)c1)c1cc(S(=O)(=O)N2CCOCC2)c(Cl)cc1Cl. The summed E-state index contributed by atoms with van der Waals surface area (Å²) in [5, 5.41) is 2.90. The lowest BCUT2D eigenvalue weighted by Gasteiger charge is -2.26. The van der Waals surface area contributed by atoms with Crippen molar-refractivity contribution in [2.75, 3.05) is 31.6 Å². The van der Waals surface area contributed by atoms with Crippen LogP contribution in [0.15, 0.2) is 29.2 Å². The maximum atomic E-state index is 12.9. The molecule has 0 unspecified atom stereocenters. The number of ether oxygens (including phenoxy) is 1. The molecule has 156 valence electrons. The summed E-state index contributed by atoms with van der Waals surface area (Å²) < 4.78 is 32.3. The number of hydrogen-bond donors (Lipinski definition) is 1. The van der Waals surface area contributed by atoms with Gasteiger partial charge in [0.2, 0.25) is 10.0 Å². The number of nitrogens with one attached hydrogen (secondary N) is 1. The molecule has 0 spiro atoms. The number of rotatable bonds is 4. The van der Waals surface area contributed by atoms with Crippen molar-refractivity contribution in [1.29, 1.82) is 0 Å². The molecular weight excluding hydrogens is 506 g/mol. The first-order valence-corrected chi connectivity index (χ1v) is 11.5. The van der Waals surface area contributed by atoms with Crippen molar-refractivity contribution in [3.63, 3.8) is 0 Å². The Kier molecular flexibility index (Phi) is 7.23. The molecule has 1 amide bonds. The minimum atomic E-state index is -3.93. The Morgan fingerprint density at radius 2 is 1.48 bits per heavy atom. The molecule has 6 nitrogen and oxygen atoms in total. The number of carbonyl (C=O) groups excluding carboxylic acids is 1. The van der Waals surface area contributed by atoms with Crippen LogP contribution < -0.4 is 5.32 Å². The molecule has 0 atom stereocenters. The van der Waals surface area contributed by atoms with Crippen LogP contribution in [0.25, 0.3) is 0 Å². The van der Waals surface area contributed by atoms with Gasteiger partial charge in [-0.25, -0.2) is 8.42 Å². The molecule has 0 aliphatic carbocycles. The molecule has 1 fully saturated rings. The van der Waals surface area contributed by atoms with Crippen LogP contribution in [0.4, 0.5) is 5.69 Å². The first-order valence-electron chi connectivity index (χ1n) is 8.14. The predicted molar refractivity (Wildman–Crippen MR) is 115 cm³/mol. The van der Waals surface area contributed by atoms with E-state index in [-0.39, 0.29) is 67.6 Å². The first-order chi connectivity index (χ1) is 13.6. The van der Waals surface area contributed by atoms with Gasteiger partial charge < -0.3 is 10.1 Å². The molecule has 2 aromatic rings. The van der Waals surface area contributed by atoms with E-state index in [0.29, 0.717) is 0 Å². The Balaban J connectivity index is 1.96. The maximum Gasteiger partial charge on any atom is 0.257 e. The van der Waals surface area contributed by atoms with E-state index in [4.69, 9.17) is 62.7 Å². The molecular formula is C17H13Cl5N2O4S. The molecule has 0 saturated carbocycles. The van der Waals surface area contributed by atoms with Gasteiger partial charge in [0.05, 0.1) is 43.9 Å². The molecule has 1 aliphatic heterocycles. The molecule has 1 N–H and O–H groups in total. The zero-order valence-corrected chi connectivity index (χ0v) is 19.1. The van der Waals surface area contributed by atoms with Crippen LogP contribution in [0.3, 0.4) is 0 Å². The molecule has 29 heavy (non-hydrogen) atoms. The quantitative estimate of drug-likeness (QED) is 0.563. The number of morpholine rings is 1. The number of carbonyl (C=O) groups is 1. The molecule has 0 bridgehead atoms. The van der Waals surface area contributed by atoms with Gasteiger partial charge in [-0.2, -0.15) is 4.31 Å². The van der Waals surface area contributed by atoms with Gasteiger partial charge in [0, 0.05) is 18.8 Å². The lowest BCUT2D eigenvalue weighted by Crippen LogP contribution is -2.40. The van der Waals surface area contributed by atoms with Crippen LogP contribution >= 0.6 is 58.0 Å². The number of benzene rings is 2. The molecule has 1 aliphatic rings. The second kappa shape index (κ2) is 9.16. The van der Waals surface area contributed by atoms with Crippen LogP contribution in [0.1, 0.15) is 10.4 Å². The van der Waals surface area contributed by atoms with Crippen molar-refractivity contribution in [2.24, 2.45) is 0 Å². The highest BCUT2D eigenvalue weighted by molar-refractivity contribution is 7.89. The van der Waals surface area contributed by atoms with Gasteiger partial charge in [0.1, 0.15) is 4.90 Å². The highest BCUT2D eigenvalue weighted by atomic mass is 35.5. The largest absolute Gasteiger partial charge is 0.379 e. The van der Waals surface area contributed by atoms with E-state index in [0.717, 1.165) is 6.07 Å². The average molecular weight is 519 g/mol. The average Bonchev–Trinajstić information content (AvgIpc) is 2.66. The topological polar surface area (TPSA) is 75.7 Å².